The van der Waals surface area contributed by atoms with Gasteiger partial charge in [0.25, 0.3) is 0 Å². The van der Waals surface area contributed by atoms with Crippen molar-refractivity contribution < 1.29 is 19.6 Å². The number of anilines is 1. The number of aromatic nitrogens is 2. The van der Waals surface area contributed by atoms with Crippen LogP contribution in [0.25, 0.3) is 0 Å². The third kappa shape index (κ3) is 3.41. The Labute approximate surface area is 96.1 Å². The molecule has 1 heterocycles. The van der Waals surface area contributed by atoms with Crippen molar-refractivity contribution in [3.05, 3.63) is 16.3 Å². The Bertz CT molecular complexity index is 404. The number of nitrogens with zero attached hydrogens (tertiary/aromatic N) is 3. The van der Waals surface area contributed by atoms with Gasteiger partial charge in [-0.2, -0.15) is 0 Å². The second-order valence-electron chi connectivity index (χ2n) is 3.17. The number of hydrogen-bond acceptors (Lipinski definition) is 6. The average Bonchev–Trinajstić information content (AvgIpc) is 2.72. The molecule has 0 amide bonds. The van der Waals surface area contributed by atoms with Crippen LogP contribution in [0.2, 0.25) is 0 Å². The van der Waals surface area contributed by atoms with Gasteiger partial charge in [-0.25, -0.2) is 0 Å². The molecule has 9 heteroatoms. The fourth-order valence-corrected chi connectivity index (χ4v) is 1.29. The van der Waals surface area contributed by atoms with E-state index in [2.05, 4.69) is 10.2 Å². The van der Waals surface area contributed by atoms with E-state index in [1.165, 1.54) is 18.2 Å². The van der Waals surface area contributed by atoms with Gasteiger partial charge in [0.05, 0.1) is 6.61 Å². The van der Waals surface area contributed by atoms with Crippen LogP contribution >= 0.6 is 0 Å². The summed E-state index contributed by atoms with van der Waals surface area (Å²) in [5, 5.41) is 25.2. The van der Waals surface area contributed by atoms with E-state index in [-0.39, 0.29) is 31.2 Å². The SMILES string of the molecule is COCCN(CC(=O)O)c1cn[nH]c1[N+](=O)[O-]. The van der Waals surface area contributed by atoms with E-state index in [4.69, 9.17) is 9.84 Å². The molecule has 0 aromatic carbocycles. The van der Waals surface area contributed by atoms with Gasteiger partial charge in [-0.05, 0) is 4.92 Å². The summed E-state index contributed by atoms with van der Waals surface area (Å²) in [6.45, 7) is 0.128. The monoisotopic (exact) mass is 244 g/mol. The van der Waals surface area contributed by atoms with E-state index >= 15 is 0 Å². The maximum absolute atomic E-state index is 10.7. The first-order valence-corrected chi connectivity index (χ1v) is 4.69. The Morgan fingerprint density at radius 3 is 3.00 bits per heavy atom. The fourth-order valence-electron chi connectivity index (χ4n) is 1.29. The van der Waals surface area contributed by atoms with Crippen LogP contribution in [0.3, 0.4) is 0 Å². The molecular formula is C8H12N4O5. The number of carboxylic acids is 1. The number of nitrogens with one attached hydrogen (secondary N) is 1. The highest BCUT2D eigenvalue weighted by molar-refractivity contribution is 5.75. The van der Waals surface area contributed by atoms with Crippen LogP contribution in [0.1, 0.15) is 0 Å². The molecule has 0 aliphatic carbocycles. The largest absolute Gasteiger partial charge is 0.480 e. The fraction of sp³-hybridized carbons (Fsp3) is 0.500. The lowest BCUT2D eigenvalue weighted by Crippen LogP contribution is -2.32. The van der Waals surface area contributed by atoms with Crippen LogP contribution in [-0.2, 0) is 9.53 Å². The van der Waals surface area contributed by atoms with Crippen molar-refractivity contribution in [1.82, 2.24) is 10.2 Å². The molecule has 0 saturated heterocycles. The van der Waals surface area contributed by atoms with E-state index in [1.54, 1.807) is 0 Å². The van der Waals surface area contributed by atoms with E-state index in [1.807, 2.05) is 0 Å². The normalized spacial score (nSPS) is 10.2. The predicted molar refractivity (Wildman–Crippen MR) is 57.0 cm³/mol. The minimum atomic E-state index is -1.09. The molecule has 0 spiro atoms. The number of methoxy groups -OCH3 is 1. The number of carbonyl (C=O) groups is 1. The third-order valence-corrected chi connectivity index (χ3v) is 2.01. The summed E-state index contributed by atoms with van der Waals surface area (Å²) >= 11 is 0. The maximum atomic E-state index is 10.7. The lowest BCUT2D eigenvalue weighted by molar-refractivity contribution is -0.388. The summed E-state index contributed by atoms with van der Waals surface area (Å²) in [6.07, 6.45) is 1.22. The highest BCUT2D eigenvalue weighted by Crippen LogP contribution is 2.24. The smallest absolute Gasteiger partial charge is 0.366 e. The maximum Gasteiger partial charge on any atom is 0.366 e. The third-order valence-electron chi connectivity index (χ3n) is 2.01. The molecule has 0 bridgehead atoms. The summed E-state index contributed by atoms with van der Waals surface area (Å²) in [6, 6.07) is 0. The summed E-state index contributed by atoms with van der Waals surface area (Å²) in [7, 11) is 1.46. The summed E-state index contributed by atoms with van der Waals surface area (Å²) in [4.78, 5) is 22.0. The highest BCUT2D eigenvalue weighted by Gasteiger charge is 2.22. The second kappa shape index (κ2) is 5.80. The lowest BCUT2D eigenvalue weighted by atomic mass is 10.4. The molecule has 0 atom stereocenters. The molecule has 1 aromatic heterocycles. The molecule has 0 radical (unpaired) electrons. The predicted octanol–water partition coefficient (Wildman–Crippen LogP) is -0.145. The zero-order chi connectivity index (χ0) is 12.8. The van der Waals surface area contributed by atoms with Crippen molar-refractivity contribution >= 4 is 17.5 Å². The van der Waals surface area contributed by atoms with Crippen molar-refractivity contribution in [3.8, 4) is 0 Å². The Morgan fingerprint density at radius 1 is 1.76 bits per heavy atom. The molecule has 1 aromatic rings. The van der Waals surface area contributed by atoms with Gasteiger partial charge >= 0.3 is 11.8 Å². The number of nitro groups is 1. The molecule has 0 aliphatic rings. The number of carboxylic acid groups (broad SMARTS) is 1. The summed E-state index contributed by atoms with van der Waals surface area (Å²) < 4.78 is 4.82. The highest BCUT2D eigenvalue weighted by atomic mass is 16.6. The summed E-state index contributed by atoms with van der Waals surface area (Å²) in [5.74, 6) is -1.42. The molecular weight excluding hydrogens is 232 g/mol. The number of H-pyrrole nitrogens is 1. The molecule has 94 valence electrons. The van der Waals surface area contributed by atoms with Gasteiger partial charge in [-0.15, -0.1) is 5.10 Å². The Hall–Kier alpha value is -2.16. The number of ether oxygens (including phenoxy) is 1. The van der Waals surface area contributed by atoms with Crippen LogP contribution in [-0.4, -0.2) is 53.0 Å². The molecule has 0 unspecified atom stereocenters. The van der Waals surface area contributed by atoms with Crippen molar-refractivity contribution in [2.75, 3.05) is 31.7 Å². The number of hydrogen-bond donors (Lipinski definition) is 2. The van der Waals surface area contributed by atoms with Crippen molar-refractivity contribution in [1.29, 1.82) is 0 Å². The molecule has 2 N–H and O–H groups in total. The van der Waals surface area contributed by atoms with Gasteiger partial charge in [0, 0.05) is 13.7 Å². The average molecular weight is 244 g/mol. The van der Waals surface area contributed by atoms with E-state index in [9.17, 15) is 14.9 Å². The first-order chi connectivity index (χ1) is 8.06. The zero-order valence-electron chi connectivity index (χ0n) is 9.12. The van der Waals surface area contributed by atoms with Gasteiger partial charge in [0.2, 0.25) is 0 Å². The first kappa shape index (κ1) is 12.9. The molecule has 1 rings (SSSR count). The van der Waals surface area contributed by atoms with Crippen LogP contribution in [0, 0.1) is 10.1 Å². The van der Waals surface area contributed by atoms with Crippen molar-refractivity contribution in [2.24, 2.45) is 0 Å². The number of rotatable bonds is 7. The van der Waals surface area contributed by atoms with E-state index < -0.39 is 10.9 Å². The minimum absolute atomic E-state index is 0.134. The minimum Gasteiger partial charge on any atom is -0.480 e. The van der Waals surface area contributed by atoms with Crippen LogP contribution in [0.15, 0.2) is 6.20 Å². The van der Waals surface area contributed by atoms with Crippen molar-refractivity contribution in [2.45, 2.75) is 0 Å². The lowest BCUT2D eigenvalue weighted by Gasteiger charge is -2.19. The Morgan fingerprint density at radius 2 is 2.47 bits per heavy atom. The summed E-state index contributed by atoms with van der Waals surface area (Å²) in [5.41, 5.74) is 0.134. The second-order valence-corrected chi connectivity index (χ2v) is 3.17. The molecule has 0 aliphatic heterocycles. The standard InChI is InChI=1S/C8H12N4O5/c1-17-3-2-11(5-7(13)14)6-4-9-10-8(6)12(15)16/h4H,2-3,5H2,1H3,(H,9,10)(H,13,14). The zero-order valence-corrected chi connectivity index (χ0v) is 9.12. The van der Waals surface area contributed by atoms with Crippen molar-refractivity contribution in [3.63, 3.8) is 0 Å². The molecule has 17 heavy (non-hydrogen) atoms. The van der Waals surface area contributed by atoms with Gasteiger partial charge in [-0.3, -0.25) is 4.79 Å². The number of aromatic amines is 1. The van der Waals surface area contributed by atoms with Crippen LogP contribution < -0.4 is 4.90 Å². The molecule has 0 fully saturated rings. The Kier molecular flexibility index (Phi) is 4.40. The first-order valence-electron chi connectivity index (χ1n) is 4.69. The van der Waals surface area contributed by atoms with Crippen LogP contribution in [0.4, 0.5) is 11.5 Å². The van der Waals surface area contributed by atoms with Gasteiger partial charge in [0.15, 0.2) is 5.69 Å². The number of aliphatic carboxylic acids is 1. The van der Waals surface area contributed by atoms with E-state index in [0.717, 1.165) is 0 Å². The Balaban J connectivity index is 2.90. The van der Waals surface area contributed by atoms with Gasteiger partial charge in [-0.1, -0.05) is 5.10 Å². The van der Waals surface area contributed by atoms with E-state index in [0.29, 0.717) is 0 Å². The molecule has 9 nitrogen and oxygen atoms in total. The van der Waals surface area contributed by atoms with Gasteiger partial charge in [0.1, 0.15) is 12.7 Å². The van der Waals surface area contributed by atoms with Gasteiger partial charge < -0.3 is 24.9 Å². The van der Waals surface area contributed by atoms with Crippen LogP contribution in [0.5, 0.6) is 0 Å². The molecule has 0 saturated carbocycles. The topological polar surface area (TPSA) is 122 Å². The quantitative estimate of drug-likeness (QED) is 0.505.